The van der Waals surface area contributed by atoms with E-state index in [1.807, 2.05) is 0 Å². The van der Waals surface area contributed by atoms with Crippen molar-refractivity contribution in [3.05, 3.63) is 33.4 Å². The molecule has 0 unspecified atom stereocenters. The Kier molecular flexibility index (Phi) is 5.38. The molecule has 0 bridgehead atoms. The van der Waals surface area contributed by atoms with Crippen molar-refractivity contribution in [2.24, 2.45) is 0 Å². The van der Waals surface area contributed by atoms with Gasteiger partial charge in [-0.15, -0.1) is 11.3 Å². The summed E-state index contributed by atoms with van der Waals surface area (Å²) in [6.45, 7) is 0.838. The molecule has 2 aliphatic heterocycles. The van der Waals surface area contributed by atoms with E-state index >= 15 is 0 Å². The summed E-state index contributed by atoms with van der Waals surface area (Å²) in [5.41, 5.74) is -2.43. The molecule has 1 amide bonds. The van der Waals surface area contributed by atoms with Crippen molar-refractivity contribution in [2.45, 2.75) is 24.9 Å². The smallest absolute Gasteiger partial charge is 0.367 e. The number of carbonyl (C=O) groups excluding carboxylic acids is 2. The molecule has 168 valence electrons. The van der Waals surface area contributed by atoms with Crippen molar-refractivity contribution in [1.29, 1.82) is 0 Å². The summed E-state index contributed by atoms with van der Waals surface area (Å²) in [6.07, 6.45) is 0.0519. The first kappa shape index (κ1) is 22.1. The highest BCUT2D eigenvalue weighted by atomic mass is 32.1. The van der Waals surface area contributed by atoms with Crippen LogP contribution in [0, 0.1) is 17.7 Å². The van der Waals surface area contributed by atoms with Crippen LogP contribution in [-0.2, 0) is 15.5 Å². The van der Waals surface area contributed by atoms with E-state index in [2.05, 4.69) is 16.8 Å². The first-order valence-corrected chi connectivity index (χ1v) is 10.4. The van der Waals surface area contributed by atoms with Crippen LogP contribution in [0.1, 0.15) is 33.6 Å². The molecule has 3 heterocycles. The topological polar surface area (TPSA) is 89.0 Å². The quantitative estimate of drug-likeness (QED) is 0.541. The Morgan fingerprint density at radius 2 is 2.19 bits per heavy atom. The van der Waals surface area contributed by atoms with E-state index in [0.717, 1.165) is 12.1 Å². The Bertz CT molecular complexity index is 1190. The van der Waals surface area contributed by atoms with Crippen LogP contribution < -0.4 is 4.74 Å². The molecular formula is C21H17F3N2O5S. The molecule has 1 aromatic heterocycles. The number of ether oxygens (including phenoxy) is 2. The van der Waals surface area contributed by atoms with Gasteiger partial charge in [-0.25, -0.2) is 14.2 Å². The van der Waals surface area contributed by atoms with Crippen LogP contribution in [0.25, 0.3) is 11.3 Å². The van der Waals surface area contributed by atoms with Crippen LogP contribution >= 0.6 is 11.3 Å². The minimum absolute atomic E-state index is 0.0107. The first-order valence-electron chi connectivity index (χ1n) is 9.60. The van der Waals surface area contributed by atoms with Crippen LogP contribution in [0.3, 0.4) is 0 Å². The third kappa shape index (κ3) is 3.69. The maximum atomic E-state index is 14.7. The number of likely N-dealkylation sites (N-methyl/N-ethyl adjacent to an activating group) is 1. The number of hydrogen-bond acceptors (Lipinski definition) is 7. The van der Waals surface area contributed by atoms with Gasteiger partial charge in [-0.3, -0.25) is 4.79 Å². The number of fused-ring (bicyclic) bond motifs is 3. The fraction of sp³-hybridized carbons (Fsp3) is 0.381. The molecule has 2 aromatic rings. The molecule has 32 heavy (non-hydrogen) atoms. The molecule has 11 heteroatoms. The van der Waals surface area contributed by atoms with Crippen molar-refractivity contribution in [1.82, 2.24) is 9.88 Å². The van der Waals surface area contributed by atoms with Gasteiger partial charge in [-0.1, -0.05) is 11.8 Å². The van der Waals surface area contributed by atoms with E-state index < -0.39 is 40.7 Å². The molecule has 1 aromatic carbocycles. The second-order valence-corrected chi connectivity index (χ2v) is 8.32. The number of esters is 1. The maximum Gasteiger partial charge on any atom is 0.367 e. The highest BCUT2D eigenvalue weighted by Gasteiger charge is 2.44. The number of aliphatic hydroxyl groups is 1. The fourth-order valence-electron chi connectivity index (χ4n) is 3.36. The van der Waals surface area contributed by atoms with Crippen LogP contribution in [0.5, 0.6) is 5.75 Å². The zero-order chi connectivity index (χ0) is 23.3. The number of halogens is 3. The highest BCUT2D eigenvalue weighted by molar-refractivity contribution is 7.14. The number of likely N-dealkylation sites (tertiary alicyclic amines) is 1. The monoisotopic (exact) mass is 466 g/mol. The first-order chi connectivity index (χ1) is 15.1. The van der Waals surface area contributed by atoms with Gasteiger partial charge in [0, 0.05) is 31.6 Å². The SMILES string of the molecule is CCOC(=O)c1nc2c(s1)C(F)(F)COc1cc(F)c(C#C[C@]3(O)CCN(C)C3=O)cc1-2. The fourth-order valence-corrected chi connectivity index (χ4v) is 4.29. The molecule has 2 aliphatic rings. The average Bonchev–Trinajstić information content (AvgIpc) is 3.28. The minimum atomic E-state index is -3.48. The van der Waals surface area contributed by atoms with Crippen LogP contribution in [0.4, 0.5) is 13.2 Å². The molecule has 1 atom stereocenters. The molecule has 0 spiro atoms. The maximum absolute atomic E-state index is 14.7. The van der Waals surface area contributed by atoms with Gasteiger partial charge < -0.3 is 19.5 Å². The van der Waals surface area contributed by atoms with E-state index in [0.29, 0.717) is 17.9 Å². The summed E-state index contributed by atoms with van der Waals surface area (Å²) in [5.74, 6) is -1.18. The number of benzene rings is 1. The van der Waals surface area contributed by atoms with Crippen LogP contribution in [0.15, 0.2) is 12.1 Å². The van der Waals surface area contributed by atoms with Crippen molar-refractivity contribution in [3.63, 3.8) is 0 Å². The minimum Gasteiger partial charge on any atom is -0.486 e. The normalized spacial score (nSPS) is 21.1. The lowest BCUT2D eigenvalue weighted by molar-refractivity contribution is -0.137. The Balaban J connectivity index is 1.82. The van der Waals surface area contributed by atoms with Crippen LogP contribution in [0.2, 0.25) is 0 Å². The third-order valence-electron chi connectivity index (χ3n) is 5.06. The van der Waals surface area contributed by atoms with E-state index in [9.17, 15) is 27.9 Å². The summed E-state index contributed by atoms with van der Waals surface area (Å²) >= 11 is 0.475. The lowest BCUT2D eigenvalue weighted by atomic mass is 10.0. The van der Waals surface area contributed by atoms with E-state index in [1.54, 1.807) is 6.92 Å². The van der Waals surface area contributed by atoms with Gasteiger partial charge in [0.2, 0.25) is 10.6 Å². The predicted octanol–water partition coefficient (Wildman–Crippen LogP) is 2.55. The number of carbonyl (C=O) groups is 2. The number of nitrogens with zero attached hydrogens (tertiary/aromatic N) is 2. The lowest BCUT2D eigenvalue weighted by Gasteiger charge is -2.13. The van der Waals surface area contributed by atoms with Gasteiger partial charge in [-0.2, -0.15) is 8.78 Å². The second-order valence-electron chi connectivity index (χ2n) is 7.33. The average molecular weight is 466 g/mol. The molecule has 0 aliphatic carbocycles. The molecule has 4 rings (SSSR count). The van der Waals surface area contributed by atoms with Crippen molar-refractivity contribution in [2.75, 3.05) is 26.8 Å². The van der Waals surface area contributed by atoms with Gasteiger partial charge in [0.15, 0.2) is 6.61 Å². The number of thiazole rings is 1. The summed E-state index contributed by atoms with van der Waals surface area (Å²) < 4.78 is 53.9. The van der Waals surface area contributed by atoms with Crippen molar-refractivity contribution < 1.29 is 37.3 Å². The number of rotatable bonds is 2. The largest absolute Gasteiger partial charge is 0.486 e. The molecule has 7 nitrogen and oxygen atoms in total. The van der Waals surface area contributed by atoms with Gasteiger partial charge in [0.1, 0.15) is 16.4 Å². The lowest BCUT2D eigenvalue weighted by Crippen LogP contribution is -2.37. The standard InChI is InChI=1S/C21H17F3N2O5S/c1-3-30-18(27)17-25-15-12-8-11(4-5-20(29)6-7-26(2)19(20)28)13(22)9-14(12)31-10-21(23,24)16(15)32-17/h8-9,29H,3,6-7,10H2,1-2H3/t20-/m0/s1. The Hall–Kier alpha value is -3.10. The van der Waals surface area contributed by atoms with E-state index in [4.69, 9.17) is 9.47 Å². The molecule has 0 radical (unpaired) electrons. The van der Waals surface area contributed by atoms with Crippen molar-refractivity contribution >= 4 is 23.2 Å². The van der Waals surface area contributed by atoms with Gasteiger partial charge in [0.05, 0.1) is 17.9 Å². The van der Waals surface area contributed by atoms with E-state index in [-0.39, 0.29) is 40.6 Å². The molecule has 1 N–H and O–H groups in total. The Morgan fingerprint density at radius 1 is 1.44 bits per heavy atom. The number of hydrogen-bond donors (Lipinski definition) is 1. The Labute approximate surface area is 184 Å². The summed E-state index contributed by atoms with van der Waals surface area (Å²) in [4.78, 5) is 28.9. The van der Waals surface area contributed by atoms with Crippen LogP contribution in [-0.4, -0.2) is 59.3 Å². The Morgan fingerprint density at radius 3 is 2.84 bits per heavy atom. The van der Waals surface area contributed by atoms with Gasteiger partial charge in [-0.05, 0) is 13.0 Å². The van der Waals surface area contributed by atoms with Gasteiger partial charge >= 0.3 is 11.9 Å². The molecular weight excluding hydrogens is 449 g/mol. The van der Waals surface area contributed by atoms with Gasteiger partial charge in [0.25, 0.3) is 5.91 Å². The number of amides is 1. The molecule has 0 saturated carbocycles. The highest BCUT2D eigenvalue weighted by Crippen LogP contribution is 2.46. The summed E-state index contributed by atoms with van der Waals surface area (Å²) in [7, 11) is 1.51. The summed E-state index contributed by atoms with van der Waals surface area (Å²) in [5, 5.41) is 10.2. The number of aromatic nitrogens is 1. The predicted molar refractivity (Wildman–Crippen MR) is 107 cm³/mol. The van der Waals surface area contributed by atoms with E-state index in [1.165, 1.54) is 11.9 Å². The zero-order valence-electron chi connectivity index (χ0n) is 17.0. The molecule has 1 fully saturated rings. The molecule has 1 saturated heterocycles. The zero-order valence-corrected chi connectivity index (χ0v) is 17.8. The number of alkyl halides is 2. The summed E-state index contributed by atoms with van der Waals surface area (Å²) in [6, 6.07) is 2.04. The third-order valence-corrected chi connectivity index (χ3v) is 6.20. The van der Waals surface area contributed by atoms with Crippen molar-refractivity contribution in [3.8, 4) is 28.8 Å². The second kappa shape index (κ2) is 7.79.